The summed E-state index contributed by atoms with van der Waals surface area (Å²) in [5.41, 5.74) is 3.10. The first-order chi connectivity index (χ1) is 11.9. The third kappa shape index (κ3) is 4.31. The quantitative estimate of drug-likeness (QED) is 0.418. The molecule has 0 radical (unpaired) electrons. The number of carbonyl (C=O) groups is 1. The Bertz CT molecular complexity index is 878. The highest BCUT2D eigenvalue weighted by Crippen LogP contribution is 2.33. The highest BCUT2D eigenvalue weighted by Gasteiger charge is 2.14. The zero-order valence-corrected chi connectivity index (χ0v) is 16.2. The van der Waals surface area contributed by atoms with E-state index < -0.39 is 5.91 Å². The number of phenols is 1. The van der Waals surface area contributed by atoms with Gasteiger partial charge in [-0.2, -0.15) is 5.26 Å². The van der Waals surface area contributed by atoms with Crippen molar-refractivity contribution in [3.63, 3.8) is 0 Å². The summed E-state index contributed by atoms with van der Waals surface area (Å²) >= 11 is 1.96. The molecule has 0 aliphatic heterocycles. The van der Waals surface area contributed by atoms with E-state index in [2.05, 4.69) is 5.32 Å². The summed E-state index contributed by atoms with van der Waals surface area (Å²) in [7, 11) is 1.44. The Labute approximate surface area is 160 Å². The average Bonchev–Trinajstić information content (AvgIpc) is 2.58. The lowest BCUT2D eigenvalue weighted by atomic mass is 10.1. The molecule has 1 amide bonds. The monoisotopic (exact) mass is 448 g/mol. The molecule has 2 rings (SSSR count). The Hall–Kier alpha value is -2.53. The number of phenolic OH excluding ortho intramolecular Hbond substituents is 1. The lowest BCUT2D eigenvalue weighted by Crippen LogP contribution is -2.15. The molecule has 0 saturated heterocycles. The van der Waals surface area contributed by atoms with Gasteiger partial charge in [-0.1, -0.05) is 18.2 Å². The summed E-state index contributed by atoms with van der Waals surface area (Å²) in [5, 5.41) is 22.0. The number of aromatic hydroxyl groups is 1. The number of nitrogens with one attached hydrogen (secondary N) is 1. The molecule has 5 nitrogen and oxygen atoms in total. The minimum atomic E-state index is -0.484. The van der Waals surface area contributed by atoms with Crippen molar-refractivity contribution in [1.82, 2.24) is 0 Å². The second-order valence-corrected chi connectivity index (χ2v) is 6.61. The first-order valence-corrected chi connectivity index (χ1v) is 8.51. The minimum absolute atomic E-state index is 0.0266. The van der Waals surface area contributed by atoms with Gasteiger partial charge in [0, 0.05) is 5.69 Å². The Morgan fingerprint density at radius 2 is 1.96 bits per heavy atom. The maximum Gasteiger partial charge on any atom is 0.266 e. The van der Waals surface area contributed by atoms with Crippen LogP contribution < -0.4 is 10.1 Å². The number of carbonyl (C=O) groups excluding carboxylic acids is 1. The number of anilines is 1. The van der Waals surface area contributed by atoms with Crippen LogP contribution in [0.25, 0.3) is 6.08 Å². The van der Waals surface area contributed by atoms with E-state index >= 15 is 0 Å². The molecular formula is C19H17IN2O3. The van der Waals surface area contributed by atoms with E-state index in [1.807, 2.05) is 60.7 Å². The molecule has 0 spiro atoms. The van der Waals surface area contributed by atoms with Gasteiger partial charge in [0.05, 0.1) is 10.7 Å². The smallest absolute Gasteiger partial charge is 0.266 e. The lowest BCUT2D eigenvalue weighted by Gasteiger charge is -2.11. The van der Waals surface area contributed by atoms with Gasteiger partial charge in [-0.25, -0.2) is 0 Å². The highest BCUT2D eigenvalue weighted by atomic mass is 127. The number of nitrogens with zero attached hydrogens (tertiary/aromatic N) is 1. The predicted molar refractivity (Wildman–Crippen MR) is 106 cm³/mol. The fourth-order valence-electron chi connectivity index (χ4n) is 2.34. The summed E-state index contributed by atoms with van der Waals surface area (Å²) in [4.78, 5) is 12.5. The van der Waals surface area contributed by atoms with Crippen LogP contribution >= 0.6 is 22.6 Å². The summed E-state index contributed by atoms with van der Waals surface area (Å²) in [5.74, 6) is -0.175. The SMILES string of the molecule is COc1cc(/C=C(/C#N)C(=O)Nc2c(C)cccc2C)cc(I)c1O. The summed E-state index contributed by atoms with van der Waals surface area (Å²) < 4.78 is 5.67. The van der Waals surface area contributed by atoms with Crippen molar-refractivity contribution in [2.45, 2.75) is 13.8 Å². The molecule has 2 N–H and O–H groups in total. The molecule has 0 heterocycles. The Balaban J connectivity index is 2.36. The molecule has 0 aromatic heterocycles. The highest BCUT2D eigenvalue weighted by molar-refractivity contribution is 14.1. The number of methoxy groups -OCH3 is 1. The molecule has 25 heavy (non-hydrogen) atoms. The lowest BCUT2D eigenvalue weighted by molar-refractivity contribution is -0.112. The molecule has 0 aliphatic carbocycles. The van der Waals surface area contributed by atoms with Crippen LogP contribution in [0.15, 0.2) is 35.9 Å². The van der Waals surface area contributed by atoms with E-state index in [9.17, 15) is 15.2 Å². The molecule has 0 saturated carbocycles. The first kappa shape index (κ1) is 18.8. The van der Waals surface area contributed by atoms with Crippen LogP contribution in [0.4, 0.5) is 5.69 Å². The molecule has 2 aromatic rings. The van der Waals surface area contributed by atoms with Gasteiger partial charge in [0.25, 0.3) is 5.91 Å². The number of amides is 1. The maximum atomic E-state index is 12.5. The average molecular weight is 448 g/mol. The van der Waals surface area contributed by atoms with E-state index in [0.29, 0.717) is 14.8 Å². The van der Waals surface area contributed by atoms with Crippen LogP contribution in [0.1, 0.15) is 16.7 Å². The molecule has 0 fully saturated rings. The Morgan fingerprint density at radius 1 is 1.32 bits per heavy atom. The number of nitriles is 1. The largest absolute Gasteiger partial charge is 0.504 e. The van der Waals surface area contributed by atoms with Gasteiger partial charge < -0.3 is 15.2 Å². The predicted octanol–water partition coefficient (Wildman–Crippen LogP) is 4.17. The van der Waals surface area contributed by atoms with Gasteiger partial charge >= 0.3 is 0 Å². The fourth-order valence-corrected chi connectivity index (χ4v) is 2.97. The zero-order valence-electron chi connectivity index (χ0n) is 14.1. The fraction of sp³-hybridized carbons (Fsp3) is 0.158. The van der Waals surface area contributed by atoms with Crippen molar-refractivity contribution in [1.29, 1.82) is 5.26 Å². The number of rotatable bonds is 4. The van der Waals surface area contributed by atoms with E-state index in [1.165, 1.54) is 13.2 Å². The van der Waals surface area contributed by atoms with Crippen molar-refractivity contribution < 1.29 is 14.6 Å². The van der Waals surface area contributed by atoms with Gasteiger partial charge in [-0.05, 0) is 71.3 Å². The number of para-hydroxylation sites is 1. The van der Waals surface area contributed by atoms with Crippen LogP contribution in [-0.4, -0.2) is 18.1 Å². The topological polar surface area (TPSA) is 82.3 Å². The number of aryl methyl sites for hydroxylation is 2. The summed E-state index contributed by atoms with van der Waals surface area (Å²) in [6, 6.07) is 10.9. The van der Waals surface area contributed by atoms with Crippen molar-refractivity contribution >= 4 is 40.3 Å². The van der Waals surface area contributed by atoms with Crippen LogP contribution in [0.2, 0.25) is 0 Å². The van der Waals surface area contributed by atoms with E-state index in [1.54, 1.807) is 12.1 Å². The Kier molecular flexibility index (Phi) is 6.04. The summed E-state index contributed by atoms with van der Waals surface area (Å²) in [6.45, 7) is 3.79. The standard InChI is InChI=1S/C19H17IN2O3/c1-11-5-4-6-12(2)17(11)22-19(24)14(10-21)7-13-8-15(20)18(23)16(9-13)25-3/h4-9,23H,1-3H3,(H,22,24)/b14-7-. The number of halogens is 1. The number of hydrogen-bond acceptors (Lipinski definition) is 4. The maximum absolute atomic E-state index is 12.5. The molecule has 2 aromatic carbocycles. The Morgan fingerprint density at radius 3 is 2.52 bits per heavy atom. The van der Waals surface area contributed by atoms with E-state index in [-0.39, 0.29) is 17.1 Å². The minimum Gasteiger partial charge on any atom is -0.504 e. The van der Waals surface area contributed by atoms with Crippen LogP contribution in [-0.2, 0) is 4.79 Å². The third-order valence-corrected chi connectivity index (χ3v) is 4.49. The molecule has 6 heteroatoms. The van der Waals surface area contributed by atoms with Crippen molar-refractivity contribution in [3.05, 3.63) is 56.2 Å². The van der Waals surface area contributed by atoms with Crippen LogP contribution in [0.3, 0.4) is 0 Å². The molecule has 0 unspecified atom stereocenters. The van der Waals surface area contributed by atoms with Gasteiger partial charge in [0.15, 0.2) is 11.5 Å². The van der Waals surface area contributed by atoms with Crippen LogP contribution in [0.5, 0.6) is 11.5 Å². The van der Waals surface area contributed by atoms with Crippen molar-refractivity contribution in [2.24, 2.45) is 0 Å². The van der Waals surface area contributed by atoms with E-state index in [4.69, 9.17) is 4.74 Å². The number of benzene rings is 2. The molecule has 0 aliphatic rings. The van der Waals surface area contributed by atoms with Gasteiger partial charge in [0.2, 0.25) is 0 Å². The molecule has 0 bridgehead atoms. The first-order valence-electron chi connectivity index (χ1n) is 7.43. The third-order valence-electron chi connectivity index (χ3n) is 3.67. The van der Waals surface area contributed by atoms with Crippen LogP contribution in [0, 0.1) is 28.7 Å². The number of hydrogen-bond donors (Lipinski definition) is 2. The van der Waals surface area contributed by atoms with Crippen molar-refractivity contribution in [2.75, 3.05) is 12.4 Å². The second-order valence-electron chi connectivity index (χ2n) is 5.44. The molecule has 0 atom stereocenters. The normalized spacial score (nSPS) is 10.9. The van der Waals surface area contributed by atoms with Gasteiger partial charge in [0.1, 0.15) is 11.6 Å². The van der Waals surface area contributed by atoms with Gasteiger partial charge in [-0.3, -0.25) is 4.79 Å². The zero-order chi connectivity index (χ0) is 18.6. The van der Waals surface area contributed by atoms with E-state index in [0.717, 1.165) is 11.1 Å². The summed E-state index contributed by atoms with van der Waals surface area (Å²) in [6.07, 6.45) is 1.47. The number of ether oxygens (including phenoxy) is 1. The van der Waals surface area contributed by atoms with Crippen molar-refractivity contribution in [3.8, 4) is 17.6 Å². The molecule has 128 valence electrons. The van der Waals surface area contributed by atoms with Gasteiger partial charge in [-0.15, -0.1) is 0 Å². The molecular weight excluding hydrogens is 431 g/mol. The second kappa shape index (κ2) is 8.03.